The van der Waals surface area contributed by atoms with Gasteiger partial charge >= 0.3 is 0 Å². The first kappa shape index (κ1) is 12.5. The summed E-state index contributed by atoms with van der Waals surface area (Å²) in [5.74, 6) is 0.597. The first-order chi connectivity index (χ1) is 9.25. The van der Waals surface area contributed by atoms with Crippen molar-refractivity contribution >= 4 is 0 Å². The maximum atomic E-state index is 2.37. The van der Waals surface area contributed by atoms with Gasteiger partial charge in [-0.2, -0.15) is 0 Å². The lowest BCUT2D eigenvalue weighted by Crippen LogP contribution is -2.04. The van der Waals surface area contributed by atoms with Gasteiger partial charge in [-0.15, -0.1) is 0 Å². The third-order valence-corrected chi connectivity index (χ3v) is 4.26. The Morgan fingerprint density at radius 3 is 2.53 bits per heavy atom. The van der Waals surface area contributed by atoms with Crippen LogP contribution in [0.4, 0.5) is 0 Å². The van der Waals surface area contributed by atoms with Crippen LogP contribution in [0.3, 0.4) is 0 Å². The lowest BCUT2D eigenvalue weighted by Gasteiger charge is -2.20. The van der Waals surface area contributed by atoms with Crippen molar-refractivity contribution in [3.8, 4) is 11.1 Å². The first-order valence-electron chi connectivity index (χ1n) is 7.47. The standard InChI is InChI=1S/C19H22/c1-14(2)16-9-5-10-17(13-16)19-12-6-8-15-7-3-4-11-18(15)19/h5-6,8-10,12-14H,3-4,7,11H2,1-2H3. The topological polar surface area (TPSA) is 0 Å². The van der Waals surface area contributed by atoms with Crippen LogP contribution in [-0.4, -0.2) is 0 Å². The van der Waals surface area contributed by atoms with Gasteiger partial charge in [0.1, 0.15) is 0 Å². The minimum atomic E-state index is 0.597. The minimum absolute atomic E-state index is 0.597. The van der Waals surface area contributed by atoms with E-state index in [1.54, 1.807) is 11.1 Å². The number of hydrogen-bond donors (Lipinski definition) is 0. The summed E-state index contributed by atoms with van der Waals surface area (Å²) in [6.07, 6.45) is 5.20. The highest BCUT2D eigenvalue weighted by Gasteiger charge is 2.14. The summed E-state index contributed by atoms with van der Waals surface area (Å²) in [7, 11) is 0. The van der Waals surface area contributed by atoms with Crippen LogP contribution in [-0.2, 0) is 12.8 Å². The van der Waals surface area contributed by atoms with E-state index in [1.807, 2.05) is 0 Å². The van der Waals surface area contributed by atoms with E-state index in [4.69, 9.17) is 0 Å². The summed E-state index contributed by atoms with van der Waals surface area (Å²) in [6, 6.07) is 15.9. The molecule has 0 unspecified atom stereocenters. The lowest BCUT2D eigenvalue weighted by molar-refractivity contribution is 0.687. The Kier molecular flexibility index (Phi) is 3.42. The molecular formula is C19H22. The van der Waals surface area contributed by atoms with Crippen molar-refractivity contribution in [2.75, 3.05) is 0 Å². The van der Waals surface area contributed by atoms with Crippen LogP contribution in [0.15, 0.2) is 42.5 Å². The molecule has 0 saturated carbocycles. The SMILES string of the molecule is CC(C)c1cccc(-c2cccc3c2CCCC3)c1. The van der Waals surface area contributed by atoms with Crippen LogP contribution in [0, 0.1) is 0 Å². The highest BCUT2D eigenvalue weighted by atomic mass is 14.2. The lowest BCUT2D eigenvalue weighted by atomic mass is 9.85. The number of rotatable bonds is 2. The van der Waals surface area contributed by atoms with Gasteiger partial charge in [-0.1, -0.05) is 56.3 Å². The fourth-order valence-electron chi connectivity index (χ4n) is 3.12. The van der Waals surface area contributed by atoms with Gasteiger partial charge in [-0.05, 0) is 59.4 Å². The van der Waals surface area contributed by atoms with Crippen molar-refractivity contribution in [2.45, 2.75) is 45.4 Å². The van der Waals surface area contributed by atoms with Gasteiger partial charge in [-0.3, -0.25) is 0 Å². The second-order valence-corrected chi connectivity index (χ2v) is 5.93. The molecule has 0 aliphatic heterocycles. The van der Waals surface area contributed by atoms with Crippen LogP contribution in [0.5, 0.6) is 0 Å². The van der Waals surface area contributed by atoms with Crippen molar-refractivity contribution in [1.82, 2.24) is 0 Å². The highest BCUT2D eigenvalue weighted by molar-refractivity contribution is 5.70. The summed E-state index contributed by atoms with van der Waals surface area (Å²) in [6.45, 7) is 4.53. The molecule has 0 nitrogen and oxygen atoms in total. The van der Waals surface area contributed by atoms with E-state index in [2.05, 4.69) is 56.3 Å². The number of fused-ring (bicyclic) bond motifs is 1. The van der Waals surface area contributed by atoms with Crippen LogP contribution < -0.4 is 0 Å². The molecule has 0 aromatic heterocycles. The fourth-order valence-corrected chi connectivity index (χ4v) is 3.12. The Bertz CT molecular complexity index is 578. The minimum Gasteiger partial charge on any atom is -0.0614 e. The van der Waals surface area contributed by atoms with Gasteiger partial charge in [0.15, 0.2) is 0 Å². The molecule has 1 aliphatic rings. The molecule has 98 valence electrons. The molecule has 0 amide bonds. The zero-order valence-electron chi connectivity index (χ0n) is 11.9. The third-order valence-electron chi connectivity index (χ3n) is 4.26. The fraction of sp³-hybridized carbons (Fsp3) is 0.368. The molecule has 0 radical (unpaired) electrons. The summed E-state index contributed by atoms with van der Waals surface area (Å²) < 4.78 is 0. The van der Waals surface area contributed by atoms with Crippen LogP contribution in [0.1, 0.15) is 49.3 Å². The van der Waals surface area contributed by atoms with Crippen LogP contribution in [0.2, 0.25) is 0 Å². The molecule has 0 saturated heterocycles. The van der Waals surface area contributed by atoms with Crippen LogP contribution in [0.25, 0.3) is 11.1 Å². The van der Waals surface area contributed by atoms with E-state index in [0.717, 1.165) is 0 Å². The van der Waals surface area contributed by atoms with Gasteiger partial charge in [-0.25, -0.2) is 0 Å². The van der Waals surface area contributed by atoms with Crippen molar-refractivity contribution in [2.24, 2.45) is 0 Å². The summed E-state index contributed by atoms with van der Waals surface area (Å²) in [4.78, 5) is 0. The van der Waals surface area contributed by atoms with E-state index < -0.39 is 0 Å². The molecule has 1 aliphatic carbocycles. The Morgan fingerprint density at radius 2 is 1.68 bits per heavy atom. The zero-order chi connectivity index (χ0) is 13.2. The normalized spacial score (nSPS) is 14.5. The van der Waals surface area contributed by atoms with Crippen molar-refractivity contribution < 1.29 is 0 Å². The summed E-state index contributed by atoms with van der Waals surface area (Å²) in [5, 5.41) is 0. The largest absolute Gasteiger partial charge is 0.0614 e. The molecule has 3 rings (SSSR count). The molecule has 2 aromatic carbocycles. The second kappa shape index (κ2) is 5.21. The molecule has 0 heterocycles. The van der Waals surface area contributed by atoms with E-state index in [0.29, 0.717) is 5.92 Å². The molecule has 0 N–H and O–H groups in total. The molecule has 19 heavy (non-hydrogen) atoms. The van der Waals surface area contributed by atoms with Gasteiger partial charge in [0, 0.05) is 0 Å². The summed E-state index contributed by atoms with van der Waals surface area (Å²) in [5.41, 5.74) is 7.45. The molecule has 0 fully saturated rings. The monoisotopic (exact) mass is 250 g/mol. The van der Waals surface area contributed by atoms with Gasteiger partial charge in [0.2, 0.25) is 0 Å². The molecule has 2 aromatic rings. The number of benzene rings is 2. The first-order valence-corrected chi connectivity index (χ1v) is 7.47. The number of aryl methyl sites for hydroxylation is 1. The van der Waals surface area contributed by atoms with Crippen molar-refractivity contribution in [1.29, 1.82) is 0 Å². The van der Waals surface area contributed by atoms with Gasteiger partial charge in [0.25, 0.3) is 0 Å². The van der Waals surface area contributed by atoms with Gasteiger partial charge in [0.05, 0.1) is 0 Å². The number of hydrogen-bond acceptors (Lipinski definition) is 0. The predicted molar refractivity (Wildman–Crippen MR) is 82.6 cm³/mol. The maximum absolute atomic E-state index is 2.37. The average Bonchev–Trinajstić information content (AvgIpc) is 2.47. The summed E-state index contributed by atoms with van der Waals surface area (Å²) >= 11 is 0. The third kappa shape index (κ3) is 2.45. The van der Waals surface area contributed by atoms with Gasteiger partial charge < -0.3 is 0 Å². The second-order valence-electron chi connectivity index (χ2n) is 5.93. The Morgan fingerprint density at radius 1 is 0.895 bits per heavy atom. The molecule has 0 heteroatoms. The van der Waals surface area contributed by atoms with E-state index in [9.17, 15) is 0 Å². The highest BCUT2D eigenvalue weighted by Crippen LogP contribution is 2.32. The molecule has 0 spiro atoms. The van der Waals surface area contributed by atoms with Crippen molar-refractivity contribution in [3.05, 3.63) is 59.2 Å². The Balaban J connectivity index is 2.09. The molecular weight excluding hydrogens is 228 g/mol. The predicted octanol–water partition coefficient (Wildman–Crippen LogP) is 5.36. The smallest absolute Gasteiger partial charge is 0.0149 e. The van der Waals surface area contributed by atoms with E-state index in [1.165, 1.54) is 42.4 Å². The Labute approximate surface area is 116 Å². The van der Waals surface area contributed by atoms with Crippen LogP contribution >= 0.6 is 0 Å². The molecule has 0 bridgehead atoms. The maximum Gasteiger partial charge on any atom is -0.0149 e. The quantitative estimate of drug-likeness (QED) is 0.673. The average molecular weight is 250 g/mol. The molecule has 0 atom stereocenters. The van der Waals surface area contributed by atoms with Crippen molar-refractivity contribution in [3.63, 3.8) is 0 Å². The van der Waals surface area contributed by atoms with E-state index in [-0.39, 0.29) is 0 Å². The van der Waals surface area contributed by atoms with E-state index >= 15 is 0 Å². The zero-order valence-corrected chi connectivity index (χ0v) is 11.9. The Hall–Kier alpha value is -1.56.